The first-order chi connectivity index (χ1) is 7.47. The molecule has 1 aromatic carbocycles. The van der Waals surface area contributed by atoms with Gasteiger partial charge in [0.2, 0.25) is 0 Å². The van der Waals surface area contributed by atoms with Crippen molar-refractivity contribution in [3.63, 3.8) is 0 Å². The van der Waals surface area contributed by atoms with Crippen LogP contribution in [0.3, 0.4) is 0 Å². The summed E-state index contributed by atoms with van der Waals surface area (Å²) in [5, 5.41) is 28.2. The molecule has 0 aliphatic carbocycles. The Bertz CT molecular complexity index is 502. The Morgan fingerprint density at radius 1 is 1.62 bits per heavy atom. The van der Waals surface area contributed by atoms with Crippen LogP contribution < -0.4 is 0 Å². The number of hydrogen-bond donors (Lipinski definition) is 1. The van der Waals surface area contributed by atoms with Crippen molar-refractivity contribution in [2.24, 2.45) is 0 Å². The summed E-state index contributed by atoms with van der Waals surface area (Å²) in [7, 11) is 0. The van der Waals surface area contributed by atoms with Gasteiger partial charge in [-0.25, -0.2) is 0 Å². The minimum absolute atomic E-state index is 0.0413. The van der Waals surface area contributed by atoms with Gasteiger partial charge in [-0.2, -0.15) is 5.26 Å². The second-order valence-corrected chi connectivity index (χ2v) is 3.20. The number of nitriles is 1. The van der Waals surface area contributed by atoms with Gasteiger partial charge < -0.3 is 5.11 Å². The first kappa shape index (κ1) is 11.7. The largest absolute Gasteiger partial charge is 0.481 e. The van der Waals surface area contributed by atoms with Gasteiger partial charge in [0.1, 0.15) is 11.6 Å². The molecule has 6 nitrogen and oxygen atoms in total. The van der Waals surface area contributed by atoms with E-state index in [4.69, 9.17) is 10.4 Å². The van der Waals surface area contributed by atoms with Gasteiger partial charge in [-0.05, 0) is 12.5 Å². The first-order valence-electron chi connectivity index (χ1n) is 4.36. The fourth-order valence-electron chi connectivity index (χ4n) is 1.39. The van der Waals surface area contributed by atoms with E-state index in [1.54, 1.807) is 13.0 Å². The Morgan fingerprint density at radius 3 is 2.69 bits per heavy atom. The highest BCUT2D eigenvalue weighted by molar-refractivity contribution is 5.73. The van der Waals surface area contributed by atoms with Gasteiger partial charge in [-0.3, -0.25) is 14.9 Å². The number of benzene rings is 1. The molecule has 0 fully saturated rings. The van der Waals surface area contributed by atoms with Crippen molar-refractivity contribution in [2.45, 2.75) is 13.3 Å². The van der Waals surface area contributed by atoms with Gasteiger partial charge in [-0.1, -0.05) is 12.1 Å². The molecule has 0 saturated carbocycles. The summed E-state index contributed by atoms with van der Waals surface area (Å²) in [5.41, 5.74) is 0.0108. The van der Waals surface area contributed by atoms with Gasteiger partial charge in [0.25, 0.3) is 5.69 Å². The summed E-state index contributed by atoms with van der Waals surface area (Å²) in [6.07, 6.45) is -0.467. The number of aryl methyl sites for hydroxylation is 1. The van der Waals surface area contributed by atoms with Crippen LogP contribution in [-0.2, 0) is 11.2 Å². The molecule has 1 N–H and O–H groups in total. The second kappa shape index (κ2) is 4.40. The number of nitro benzene ring substituents is 1. The lowest BCUT2D eigenvalue weighted by Gasteiger charge is -2.03. The molecule has 0 aromatic heterocycles. The van der Waals surface area contributed by atoms with Gasteiger partial charge in [0.15, 0.2) is 0 Å². The van der Waals surface area contributed by atoms with Crippen LogP contribution in [0.2, 0.25) is 0 Å². The molecule has 0 atom stereocenters. The third kappa shape index (κ3) is 2.15. The van der Waals surface area contributed by atoms with E-state index in [9.17, 15) is 14.9 Å². The van der Waals surface area contributed by atoms with Crippen molar-refractivity contribution < 1.29 is 14.8 Å². The van der Waals surface area contributed by atoms with E-state index >= 15 is 0 Å². The van der Waals surface area contributed by atoms with Crippen LogP contribution >= 0.6 is 0 Å². The molecule has 0 radical (unpaired) electrons. The molecule has 1 aromatic rings. The maximum atomic E-state index is 10.8. The average Bonchev–Trinajstić information content (AvgIpc) is 2.18. The fourth-order valence-corrected chi connectivity index (χ4v) is 1.39. The number of nitrogens with zero attached hydrogens (tertiary/aromatic N) is 2. The SMILES string of the molecule is Cc1ccc(CC(=O)O)c([N+](=O)[O-])c1C#N. The van der Waals surface area contributed by atoms with E-state index in [1.807, 2.05) is 0 Å². The number of carboxylic acid groups (broad SMARTS) is 1. The van der Waals surface area contributed by atoms with Crippen molar-refractivity contribution in [1.82, 2.24) is 0 Å². The normalized spacial score (nSPS) is 9.50. The molecular weight excluding hydrogens is 212 g/mol. The Morgan fingerprint density at radius 2 is 2.25 bits per heavy atom. The lowest BCUT2D eigenvalue weighted by atomic mass is 10.0. The standard InChI is InChI=1S/C10H8N2O4/c1-6-2-3-7(4-9(13)14)10(12(15)16)8(6)5-11/h2-3H,4H2,1H3,(H,13,14). The lowest BCUT2D eigenvalue weighted by molar-refractivity contribution is -0.385. The smallest absolute Gasteiger partial charge is 0.308 e. The minimum Gasteiger partial charge on any atom is -0.481 e. The van der Waals surface area contributed by atoms with Crippen LogP contribution in [0.15, 0.2) is 12.1 Å². The molecule has 0 heterocycles. The summed E-state index contributed by atoms with van der Waals surface area (Å²) < 4.78 is 0. The zero-order chi connectivity index (χ0) is 12.3. The molecule has 0 aliphatic rings. The lowest BCUT2D eigenvalue weighted by Crippen LogP contribution is -2.06. The van der Waals surface area contributed by atoms with Gasteiger partial charge in [-0.15, -0.1) is 0 Å². The van der Waals surface area contributed by atoms with Crippen LogP contribution in [0, 0.1) is 28.4 Å². The third-order valence-electron chi connectivity index (χ3n) is 2.11. The number of aliphatic carboxylic acids is 1. The third-order valence-corrected chi connectivity index (χ3v) is 2.11. The zero-order valence-electron chi connectivity index (χ0n) is 8.43. The van der Waals surface area contributed by atoms with Crippen molar-refractivity contribution in [1.29, 1.82) is 5.26 Å². The Hall–Kier alpha value is -2.42. The molecule has 16 heavy (non-hydrogen) atoms. The van der Waals surface area contributed by atoms with Crippen molar-refractivity contribution in [2.75, 3.05) is 0 Å². The summed E-state index contributed by atoms with van der Waals surface area (Å²) in [5.74, 6) is -1.17. The maximum Gasteiger partial charge on any atom is 0.308 e. The highest BCUT2D eigenvalue weighted by Crippen LogP contribution is 2.26. The van der Waals surface area contributed by atoms with Crippen LogP contribution in [0.5, 0.6) is 0 Å². The monoisotopic (exact) mass is 220 g/mol. The Balaban J connectivity index is 3.46. The first-order valence-corrected chi connectivity index (χ1v) is 4.36. The topological polar surface area (TPSA) is 104 Å². The van der Waals surface area contributed by atoms with Crippen molar-refractivity contribution >= 4 is 11.7 Å². The van der Waals surface area contributed by atoms with Crippen LogP contribution in [0.4, 0.5) is 5.69 Å². The highest BCUT2D eigenvalue weighted by atomic mass is 16.6. The van der Waals surface area contributed by atoms with E-state index in [0.29, 0.717) is 5.56 Å². The van der Waals surface area contributed by atoms with Crippen molar-refractivity contribution in [3.05, 3.63) is 38.9 Å². The summed E-state index contributed by atoms with van der Waals surface area (Å²) in [6, 6.07) is 4.59. The average molecular weight is 220 g/mol. The minimum atomic E-state index is -1.17. The second-order valence-electron chi connectivity index (χ2n) is 3.20. The number of carboxylic acids is 1. The molecule has 82 valence electrons. The van der Waals surface area contributed by atoms with E-state index in [2.05, 4.69) is 0 Å². The predicted octanol–water partition coefficient (Wildman–Crippen LogP) is 1.40. The molecule has 0 aliphatic heterocycles. The fraction of sp³-hybridized carbons (Fsp3) is 0.200. The van der Waals surface area contributed by atoms with E-state index < -0.39 is 23.0 Å². The van der Waals surface area contributed by atoms with Gasteiger partial charge in [0.05, 0.1) is 11.3 Å². The maximum absolute atomic E-state index is 10.8. The molecule has 6 heteroatoms. The van der Waals surface area contributed by atoms with E-state index in [1.165, 1.54) is 12.1 Å². The molecular formula is C10H8N2O4. The van der Waals surface area contributed by atoms with Crippen LogP contribution in [0.1, 0.15) is 16.7 Å². The van der Waals surface area contributed by atoms with Crippen molar-refractivity contribution in [3.8, 4) is 6.07 Å². The quantitative estimate of drug-likeness (QED) is 0.612. The molecule has 0 spiro atoms. The molecule has 0 unspecified atom stereocenters. The van der Waals surface area contributed by atoms with Crippen LogP contribution in [0.25, 0.3) is 0 Å². The zero-order valence-corrected chi connectivity index (χ0v) is 8.43. The number of rotatable bonds is 3. The van der Waals surface area contributed by atoms with Crippen LogP contribution in [-0.4, -0.2) is 16.0 Å². The van der Waals surface area contributed by atoms with Gasteiger partial charge >= 0.3 is 5.97 Å². The number of carbonyl (C=O) groups is 1. The molecule has 0 saturated heterocycles. The van der Waals surface area contributed by atoms with E-state index in [0.717, 1.165) is 0 Å². The van der Waals surface area contributed by atoms with Gasteiger partial charge in [0, 0.05) is 5.56 Å². The molecule has 0 amide bonds. The molecule has 0 bridgehead atoms. The number of nitro groups is 1. The predicted molar refractivity (Wildman–Crippen MR) is 53.9 cm³/mol. The number of hydrogen-bond acceptors (Lipinski definition) is 4. The highest BCUT2D eigenvalue weighted by Gasteiger charge is 2.22. The summed E-state index contributed by atoms with van der Waals surface area (Å²) in [6.45, 7) is 1.57. The summed E-state index contributed by atoms with van der Waals surface area (Å²) in [4.78, 5) is 20.6. The molecule has 1 rings (SSSR count). The Kier molecular flexibility index (Phi) is 3.20. The summed E-state index contributed by atoms with van der Waals surface area (Å²) >= 11 is 0. The van der Waals surface area contributed by atoms with E-state index in [-0.39, 0.29) is 11.1 Å². The Labute approximate surface area is 90.9 Å².